The molecule has 31 heavy (non-hydrogen) atoms. The average molecular weight is 438 g/mol. The minimum atomic E-state index is -0.926. The van der Waals surface area contributed by atoms with E-state index in [9.17, 15) is 14.4 Å². The van der Waals surface area contributed by atoms with Crippen LogP contribution in [0, 0.1) is 0 Å². The molecule has 1 N–H and O–H groups in total. The topological polar surface area (TPSA) is 94.4 Å². The molecule has 2 aromatic carbocycles. The van der Waals surface area contributed by atoms with Crippen LogP contribution in [0.15, 0.2) is 63.8 Å². The molecule has 2 aliphatic rings. The zero-order chi connectivity index (χ0) is 22.1. The molecule has 9 heteroatoms. The van der Waals surface area contributed by atoms with Gasteiger partial charge in [-0.05, 0) is 48.1 Å². The molecular weight excluding hydrogens is 414 g/mol. The number of hydrogen-bond acceptors (Lipinski definition) is 7. The summed E-state index contributed by atoms with van der Waals surface area (Å²) >= 11 is 1.57. The summed E-state index contributed by atoms with van der Waals surface area (Å²) in [7, 11) is 0. The lowest BCUT2D eigenvalue weighted by atomic mass is 10.0. The second-order valence-corrected chi connectivity index (χ2v) is 8.61. The van der Waals surface area contributed by atoms with Gasteiger partial charge in [-0.3, -0.25) is 19.4 Å². The zero-order valence-electron chi connectivity index (χ0n) is 17.5. The molecule has 3 amide bonds. The number of fused-ring (bicyclic) bond motifs is 1. The Morgan fingerprint density at radius 1 is 1.13 bits per heavy atom. The third-order valence-electron chi connectivity index (χ3n) is 5.33. The fourth-order valence-electron chi connectivity index (χ4n) is 3.67. The summed E-state index contributed by atoms with van der Waals surface area (Å²) in [6, 6.07) is 13.0. The monoisotopic (exact) mass is 437 g/mol. The SMILES string of the molecule is CSc1cccc(NC(=O)CN2N=N[C@@H]3C(=O)N(c4ccc(C(C)C)cc4)C(=O)[C@@H]32)c1. The molecule has 1 fully saturated rings. The van der Waals surface area contributed by atoms with E-state index in [1.165, 1.54) is 5.01 Å². The van der Waals surface area contributed by atoms with Crippen molar-refractivity contribution in [2.45, 2.75) is 36.7 Å². The van der Waals surface area contributed by atoms with Gasteiger partial charge in [0.15, 0.2) is 12.1 Å². The third-order valence-corrected chi connectivity index (χ3v) is 6.06. The molecule has 160 valence electrons. The Kier molecular flexibility index (Phi) is 5.77. The van der Waals surface area contributed by atoms with Crippen LogP contribution in [-0.2, 0) is 14.4 Å². The van der Waals surface area contributed by atoms with E-state index in [0.717, 1.165) is 15.4 Å². The molecule has 2 atom stereocenters. The molecule has 0 radical (unpaired) electrons. The van der Waals surface area contributed by atoms with Crippen LogP contribution in [0.1, 0.15) is 25.3 Å². The molecule has 0 saturated carbocycles. The van der Waals surface area contributed by atoms with Crippen LogP contribution in [0.5, 0.6) is 0 Å². The fraction of sp³-hybridized carbons (Fsp3) is 0.318. The fourth-order valence-corrected chi connectivity index (χ4v) is 4.12. The standard InChI is InChI=1S/C22H23N5O3S/c1-13(2)14-7-9-16(10-8-14)27-21(29)19-20(22(27)30)26(25-24-19)12-18(28)23-15-5-4-6-17(11-15)31-3/h4-11,13,19-20H,12H2,1-3H3,(H,23,28)/t19-,20+/m0/s1. The first-order chi connectivity index (χ1) is 14.9. The Morgan fingerprint density at radius 2 is 1.87 bits per heavy atom. The van der Waals surface area contributed by atoms with Crippen molar-refractivity contribution in [1.29, 1.82) is 0 Å². The van der Waals surface area contributed by atoms with Gasteiger partial charge in [0, 0.05) is 10.6 Å². The lowest BCUT2D eigenvalue weighted by molar-refractivity contribution is -0.123. The van der Waals surface area contributed by atoms with Crippen molar-refractivity contribution in [1.82, 2.24) is 5.01 Å². The molecule has 8 nitrogen and oxygen atoms in total. The third kappa shape index (κ3) is 4.05. The predicted octanol–water partition coefficient (Wildman–Crippen LogP) is 3.46. The molecule has 1 saturated heterocycles. The summed E-state index contributed by atoms with van der Waals surface area (Å²) in [5.41, 5.74) is 2.28. The number of benzene rings is 2. The van der Waals surface area contributed by atoms with Crippen LogP contribution in [0.3, 0.4) is 0 Å². The van der Waals surface area contributed by atoms with Crippen LogP contribution in [0.4, 0.5) is 11.4 Å². The largest absolute Gasteiger partial charge is 0.324 e. The molecule has 2 aromatic rings. The van der Waals surface area contributed by atoms with E-state index in [0.29, 0.717) is 17.3 Å². The quantitative estimate of drug-likeness (QED) is 0.552. The van der Waals surface area contributed by atoms with Crippen LogP contribution in [0.2, 0.25) is 0 Å². The Labute approximate surface area is 184 Å². The van der Waals surface area contributed by atoms with Gasteiger partial charge < -0.3 is 5.32 Å². The number of amides is 3. The van der Waals surface area contributed by atoms with E-state index in [-0.39, 0.29) is 12.5 Å². The van der Waals surface area contributed by atoms with E-state index < -0.39 is 23.9 Å². The van der Waals surface area contributed by atoms with E-state index in [4.69, 9.17) is 0 Å². The first-order valence-electron chi connectivity index (χ1n) is 9.98. The van der Waals surface area contributed by atoms with Crippen LogP contribution >= 0.6 is 11.8 Å². The van der Waals surface area contributed by atoms with Gasteiger partial charge in [0.25, 0.3) is 11.8 Å². The Morgan fingerprint density at radius 3 is 2.55 bits per heavy atom. The summed E-state index contributed by atoms with van der Waals surface area (Å²) < 4.78 is 0. The van der Waals surface area contributed by atoms with E-state index >= 15 is 0 Å². The second-order valence-electron chi connectivity index (χ2n) is 7.73. The molecule has 0 unspecified atom stereocenters. The smallest absolute Gasteiger partial charge is 0.263 e. The Hall–Kier alpha value is -3.20. The maximum atomic E-state index is 13.1. The maximum absolute atomic E-state index is 13.1. The van der Waals surface area contributed by atoms with Crippen molar-refractivity contribution >= 4 is 40.9 Å². The van der Waals surface area contributed by atoms with Crippen molar-refractivity contribution in [3.05, 3.63) is 54.1 Å². The number of thioether (sulfide) groups is 1. The van der Waals surface area contributed by atoms with Crippen LogP contribution in [0.25, 0.3) is 0 Å². The first-order valence-corrected chi connectivity index (χ1v) is 11.2. The Bertz CT molecular complexity index is 1050. The lowest BCUT2D eigenvalue weighted by Gasteiger charge is -2.20. The van der Waals surface area contributed by atoms with Crippen LogP contribution < -0.4 is 10.2 Å². The molecule has 0 aromatic heterocycles. The van der Waals surface area contributed by atoms with Gasteiger partial charge in [-0.15, -0.1) is 11.8 Å². The Balaban J connectivity index is 1.47. The van der Waals surface area contributed by atoms with Crippen molar-refractivity contribution in [2.24, 2.45) is 10.3 Å². The highest BCUT2D eigenvalue weighted by atomic mass is 32.2. The van der Waals surface area contributed by atoms with Gasteiger partial charge in [0.05, 0.1) is 5.69 Å². The first kappa shape index (κ1) is 21.0. The highest BCUT2D eigenvalue weighted by molar-refractivity contribution is 7.98. The number of hydrogen-bond donors (Lipinski definition) is 1. The molecule has 4 rings (SSSR count). The van der Waals surface area contributed by atoms with Crippen molar-refractivity contribution < 1.29 is 14.4 Å². The summed E-state index contributed by atoms with van der Waals surface area (Å²) in [6.45, 7) is 3.98. The number of anilines is 2. The number of nitrogens with zero attached hydrogens (tertiary/aromatic N) is 4. The average Bonchev–Trinajstić information content (AvgIpc) is 3.27. The van der Waals surface area contributed by atoms with Gasteiger partial charge in [-0.2, -0.15) is 5.11 Å². The highest BCUT2D eigenvalue weighted by Crippen LogP contribution is 2.32. The zero-order valence-corrected chi connectivity index (χ0v) is 18.3. The number of carbonyl (C=O) groups excluding carboxylic acids is 3. The molecule has 0 bridgehead atoms. The van der Waals surface area contributed by atoms with E-state index in [1.54, 1.807) is 30.0 Å². The van der Waals surface area contributed by atoms with Crippen molar-refractivity contribution in [2.75, 3.05) is 23.0 Å². The van der Waals surface area contributed by atoms with Crippen molar-refractivity contribution in [3.8, 4) is 0 Å². The summed E-state index contributed by atoms with van der Waals surface area (Å²) in [5.74, 6) is -0.836. The summed E-state index contributed by atoms with van der Waals surface area (Å²) in [5, 5.41) is 12.0. The van der Waals surface area contributed by atoms with E-state index in [2.05, 4.69) is 29.5 Å². The van der Waals surface area contributed by atoms with Gasteiger partial charge in [0.2, 0.25) is 5.91 Å². The minimum Gasteiger partial charge on any atom is -0.324 e. The van der Waals surface area contributed by atoms with E-state index in [1.807, 2.05) is 36.6 Å². The minimum absolute atomic E-state index is 0.173. The molecule has 2 heterocycles. The number of imide groups is 1. The molecule has 0 aliphatic carbocycles. The number of nitrogens with one attached hydrogen (secondary N) is 1. The van der Waals surface area contributed by atoms with Gasteiger partial charge in [0.1, 0.15) is 6.54 Å². The maximum Gasteiger partial charge on any atom is 0.263 e. The second kappa shape index (κ2) is 8.50. The van der Waals surface area contributed by atoms with Crippen molar-refractivity contribution in [3.63, 3.8) is 0 Å². The van der Waals surface area contributed by atoms with Gasteiger partial charge in [-0.1, -0.05) is 37.3 Å². The number of carbonyl (C=O) groups is 3. The molecule has 2 aliphatic heterocycles. The normalized spacial score (nSPS) is 20.0. The molecule has 0 spiro atoms. The predicted molar refractivity (Wildman–Crippen MR) is 119 cm³/mol. The molecular formula is C22H23N5O3S. The summed E-state index contributed by atoms with van der Waals surface area (Å²) in [4.78, 5) is 40.6. The van der Waals surface area contributed by atoms with Gasteiger partial charge >= 0.3 is 0 Å². The van der Waals surface area contributed by atoms with Crippen LogP contribution in [-0.4, -0.2) is 47.6 Å². The highest BCUT2D eigenvalue weighted by Gasteiger charge is 2.55. The lowest BCUT2D eigenvalue weighted by Crippen LogP contribution is -2.43. The number of rotatable bonds is 6. The summed E-state index contributed by atoms with van der Waals surface area (Å²) in [6.07, 6.45) is 1.95. The van der Waals surface area contributed by atoms with Gasteiger partial charge in [-0.25, -0.2) is 4.90 Å².